The third-order valence-electron chi connectivity index (χ3n) is 6.60. The van der Waals surface area contributed by atoms with Crippen molar-refractivity contribution in [3.8, 4) is 34.0 Å². The molecule has 3 unspecified atom stereocenters. The van der Waals surface area contributed by atoms with Crippen LogP contribution in [0.2, 0.25) is 0 Å². The van der Waals surface area contributed by atoms with Crippen molar-refractivity contribution in [1.82, 2.24) is 20.4 Å². The lowest BCUT2D eigenvalue weighted by Crippen LogP contribution is -2.28. The van der Waals surface area contributed by atoms with Crippen molar-refractivity contribution in [1.29, 1.82) is 0 Å². The molecular formula is C28H31N5O4S. The molecule has 3 atom stereocenters. The number of aliphatic hydroxyl groups excluding tert-OH is 1. The second kappa shape index (κ2) is 12.1. The minimum atomic E-state index is -1.20. The molecule has 1 aliphatic rings. The van der Waals surface area contributed by atoms with E-state index < -0.39 is 11.2 Å². The van der Waals surface area contributed by atoms with Crippen LogP contribution in [-0.4, -0.2) is 55.9 Å². The number of benzene rings is 2. The predicted octanol–water partition coefficient (Wildman–Crippen LogP) is 3.80. The molecule has 0 spiro atoms. The molecule has 9 nitrogen and oxygen atoms in total. The lowest BCUT2D eigenvalue weighted by atomic mass is 10.1. The van der Waals surface area contributed by atoms with Crippen LogP contribution in [0.3, 0.4) is 0 Å². The number of hydrogen-bond acceptors (Lipinski definition) is 9. The summed E-state index contributed by atoms with van der Waals surface area (Å²) in [7, 11) is 0. The second-order valence-corrected chi connectivity index (χ2v) is 11.2. The molecule has 3 heterocycles. The van der Waals surface area contributed by atoms with Crippen molar-refractivity contribution in [3.63, 3.8) is 0 Å². The Balaban J connectivity index is 1.30. The van der Waals surface area contributed by atoms with Crippen LogP contribution < -0.4 is 11.1 Å². The van der Waals surface area contributed by atoms with E-state index in [0.717, 1.165) is 37.3 Å². The van der Waals surface area contributed by atoms with Crippen LogP contribution in [0.1, 0.15) is 25.3 Å². The van der Waals surface area contributed by atoms with Gasteiger partial charge in [-0.25, -0.2) is 9.97 Å². The van der Waals surface area contributed by atoms with E-state index in [4.69, 9.17) is 20.1 Å². The van der Waals surface area contributed by atoms with Gasteiger partial charge in [-0.1, -0.05) is 29.4 Å². The largest absolute Gasteiger partial charge is 0.611 e. The van der Waals surface area contributed by atoms with Gasteiger partial charge in [0.1, 0.15) is 10.9 Å². The number of ether oxygens (including phenoxy) is 1. The Hall–Kier alpha value is -3.28. The van der Waals surface area contributed by atoms with Crippen LogP contribution in [0.5, 0.6) is 0 Å². The van der Waals surface area contributed by atoms with Gasteiger partial charge >= 0.3 is 0 Å². The van der Waals surface area contributed by atoms with Gasteiger partial charge in [-0.2, -0.15) is 0 Å². The van der Waals surface area contributed by atoms with E-state index >= 15 is 0 Å². The number of aliphatic hydroxyl groups is 1. The fraction of sp³-hybridized carbons (Fsp3) is 0.321. The second-order valence-electron chi connectivity index (χ2n) is 9.35. The van der Waals surface area contributed by atoms with Crippen LogP contribution in [0.15, 0.2) is 70.2 Å². The molecule has 1 aliphatic heterocycles. The van der Waals surface area contributed by atoms with E-state index in [0.29, 0.717) is 40.2 Å². The van der Waals surface area contributed by atoms with Crippen LogP contribution in [0.4, 0.5) is 5.82 Å². The van der Waals surface area contributed by atoms with Gasteiger partial charge in [0.2, 0.25) is 0 Å². The normalized spacial score (nSPS) is 17.0. The molecule has 0 aliphatic carbocycles. The predicted molar refractivity (Wildman–Crippen MR) is 146 cm³/mol. The number of rotatable bonds is 10. The van der Waals surface area contributed by atoms with E-state index in [-0.39, 0.29) is 17.7 Å². The quantitative estimate of drug-likeness (QED) is 0.259. The van der Waals surface area contributed by atoms with Crippen LogP contribution in [0.25, 0.3) is 34.0 Å². The third-order valence-corrected chi connectivity index (χ3v) is 8.31. The summed E-state index contributed by atoms with van der Waals surface area (Å²) in [4.78, 5) is 9.70. The maximum atomic E-state index is 12.6. The Kier molecular flexibility index (Phi) is 8.35. The third kappa shape index (κ3) is 6.06. The van der Waals surface area contributed by atoms with E-state index in [1.165, 1.54) is 5.56 Å². The maximum absolute atomic E-state index is 12.6. The van der Waals surface area contributed by atoms with Gasteiger partial charge in [-0.05, 0) is 54.3 Å². The summed E-state index contributed by atoms with van der Waals surface area (Å²) in [5, 5.41) is 16.7. The van der Waals surface area contributed by atoms with Crippen molar-refractivity contribution < 1.29 is 18.9 Å². The first-order valence-electron chi connectivity index (χ1n) is 12.6. The number of nitrogens with zero attached hydrogens (tertiary/aromatic N) is 3. The van der Waals surface area contributed by atoms with Crippen molar-refractivity contribution in [2.45, 2.75) is 42.5 Å². The molecule has 2 aromatic heterocycles. The van der Waals surface area contributed by atoms with Crippen molar-refractivity contribution in [2.75, 3.05) is 25.6 Å². The maximum Gasteiger partial charge on any atom is 0.189 e. The number of hydrogen-bond donors (Lipinski definition) is 3. The Morgan fingerprint density at radius 2 is 1.87 bits per heavy atom. The number of nitrogens with two attached hydrogens (primary N) is 1. The van der Waals surface area contributed by atoms with E-state index in [2.05, 4.69) is 32.6 Å². The smallest absolute Gasteiger partial charge is 0.189 e. The molecule has 0 bridgehead atoms. The monoisotopic (exact) mass is 533 g/mol. The molecule has 198 valence electrons. The first kappa shape index (κ1) is 26.3. The highest BCUT2D eigenvalue weighted by molar-refractivity contribution is 7.92. The summed E-state index contributed by atoms with van der Waals surface area (Å²) < 4.78 is 23.6. The topological polar surface area (TPSA) is 142 Å². The summed E-state index contributed by atoms with van der Waals surface area (Å²) in [5.41, 5.74) is 10.8. The van der Waals surface area contributed by atoms with Gasteiger partial charge in [0.25, 0.3) is 0 Å². The van der Waals surface area contributed by atoms with Gasteiger partial charge in [0.05, 0.1) is 18.5 Å². The van der Waals surface area contributed by atoms with Crippen molar-refractivity contribution in [3.05, 3.63) is 66.4 Å². The molecule has 5 rings (SSSR count). The Bertz CT molecular complexity index is 1340. The van der Waals surface area contributed by atoms with Crippen LogP contribution in [0, 0.1) is 0 Å². The lowest BCUT2D eigenvalue weighted by Gasteiger charge is -2.17. The molecular weight excluding hydrogens is 502 g/mol. The average molecular weight is 534 g/mol. The highest BCUT2D eigenvalue weighted by Gasteiger charge is 2.20. The SMILES string of the molecule is CC(CCO)[S+]([O-])c1ccc(-c2cnc(N)c(-c3cc(-c4ccc(CNC5CCOC5)cc4)no3)n2)cc1. The summed E-state index contributed by atoms with van der Waals surface area (Å²) in [6.45, 7) is 4.25. The average Bonchev–Trinajstić information content (AvgIpc) is 3.65. The number of nitrogen functional groups attached to an aromatic ring is 1. The minimum absolute atomic E-state index is 0.0114. The van der Waals surface area contributed by atoms with Gasteiger partial charge in [-0.3, -0.25) is 0 Å². The minimum Gasteiger partial charge on any atom is -0.611 e. The Labute approximate surface area is 224 Å². The molecule has 1 fully saturated rings. The van der Waals surface area contributed by atoms with Crippen LogP contribution in [-0.2, 0) is 22.5 Å². The van der Waals surface area contributed by atoms with Gasteiger partial charge in [0, 0.05) is 49.4 Å². The highest BCUT2D eigenvalue weighted by atomic mass is 32.2. The summed E-state index contributed by atoms with van der Waals surface area (Å²) >= 11 is -1.20. The Morgan fingerprint density at radius 1 is 1.13 bits per heavy atom. The number of nitrogens with one attached hydrogen (secondary N) is 1. The van der Waals surface area contributed by atoms with E-state index in [1.807, 2.05) is 49.4 Å². The lowest BCUT2D eigenvalue weighted by molar-refractivity contribution is 0.190. The number of anilines is 1. The summed E-state index contributed by atoms with van der Waals surface area (Å²) in [6, 6.07) is 17.7. The summed E-state index contributed by atoms with van der Waals surface area (Å²) in [5.74, 6) is 0.665. The molecule has 0 amide bonds. The van der Waals surface area contributed by atoms with E-state index in [1.54, 1.807) is 6.20 Å². The van der Waals surface area contributed by atoms with Gasteiger partial charge < -0.3 is 30.0 Å². The summed E-state index contributed by atoms with van der Waals surface area (Å²) in [6.07, 6.45) is 3.13. The zero-order valence-electron chi connectivity index (χ0n) is 21.2. The molecule has 4 aromatic rings. The molecule has 4 N–H and O–H groups in total. The molecule has 38 heavy (non-hydrogen) atoms. The van der Waals surface area contributed by atoms with E-state index in [9.17, 15) is 4.55 Å². The van der Waals surface area contributed by atoms with Gasteiger partial charge in [0.15, 0.2) is 22.2 Å². The molecule has 10 heteroatoms. The molecule has 1 saturated heterocycles. The first-order valence-corrected chi connectivity index (χ1v) is 13.8. The zero-order chi connectivity index (χ0) is 26.5. The Morgan fingerprint density at radius 3 is 2.58 bits per heavy atom. The first-order chi connectivity index (χ1) is 18.5. The van der Waals surface area contributed by atoms with Gasteiger partial charge in [-0.15, -0.1) is 0 Å². The highest BCUT2D eigenvalue weighted by Crippen LogP contribution is 2.30. The molecule has 2 aromatic carbocycles. The fourth-order valence-corrected chi connectivity index (χ4v) is 5.46. The molecule has 0 radical (unpaired) electrons. The fourth-order valence-electron chi connectivity index (χ4n) is 4.27. The van der Waals surface area contributed by atoms with Crippen molar-refractivity contribution in [2.24, 2.45) is 0 Å². The van der Waals surface area contributed by atoms with Crippen LogP contribution >= 0.6 is 0 Å². The van der Waals surface area contributed by atoms with Crippen molar-refractivity contribution >= 4 is 17.0 Å². The molecule has 0 saturated carbocycles. The zero-order valence-corrected chi connectivity index (χ0v) is 22.0. The number of aromatic nitrogens is 3. The standard InChI is InChI=1S/C28H31N5O4S/c1-18(10-12-34)38(35)23-8-6-21(7-9-23)25-16-31-28(29)27(32-25)26-14-24(33-37-26)20-4-2-19(3-5-20)15-30-22-11-13-36-17-22/h2-9,14,16,18,22,30,34H,10-13,15,17H2,1H3,(H2,29,31).